The Hall–Kier alpha value is -3.90. The zero-order valence-electron chi connectivity index (χ0n) is 18.4. The molecule has 13 heteroatoms. The highest BCUT2D eigenvalue weighted by molar-refractivity contribution is 5.95. The number of hydrogen-bond donors (Lipinski definition) is 5. The molecule has 0 radical (unpaired) electrons. The summed E-state index contributed by atoms with van der Waals surface area (Å²) in [5.74, 6) is -0.957. The SMILES string of the molecule is COC(=O)CC[C@H](NC(=O)c1cc(CCC2CNc3nc(N)[nH]c(=O)c3C2)[nH]n1)C(=O)OC. The number of nitrogens with one attached hydrogen (secondary N) is 4. The molecule has 0 aromatic carbocycles. The molecule has 2 atom stereocenters. The summed E-state index contributed by atoms with van der Waals surface area (Å²) in [6.07, 6.45) is 1.89. The number of aryl methyl sites for hydroxylation is 1. The normalized spacial score (nSPS) is 15.6. The fraction of sp³-hybridized carbons (Fsp3) is 0.500. The maximum absolute atomic E-state index is 12.5. The highest BCUT2D eigenvalue weighted by Crippen LogP contribution is 2.23. The Labute approximate surface area is 188 Å². The lowest BCUT2D eigenvalue weighted by Crippen LogP contribution is -2.42. The minimum absolute atomic E-state index is 0.0398. The number of anilines is 2. The van der Waals surface area contributed by atoms with Crippen LogP contribution in [0.4, 0.5) is 11.8 Å². The molecule has 33 heavy (non-hydrogen) atoms. The van der Waals surface area contributed by atoms with Crippen molar-refractivity contribution in [2.75, 3.05) is 31.8 Å². The first kappa shape index (κ1) is 23.8. The molecule has 0 saturated carbocycles. The molecule has 3 rings (SSSR count). The number of nitrogens with two attached hydrogens (primary N) is 1. The van der Waals surface area contributed by atoms with Gasteiger partial charge in [0.2, 0.25) is 5.95 Å². The third kappa shape index (κ3) is 6.08. The van der Waals surface area contributed by atoms with Crippen molar-refractivity contribution < 1.29 is 23.9 Å². The summed E-state index contributed by atoms with van der Waals surface area (Å²) in [4.78, 5) is 54.5. The minimum Gasteiger partial charge on any atom is -0.469 e. The van der Waals surface area contributed by atoms with E-state index in [9.17, 15) is 19.2 Å². The summed E-state index contributed by atoms with van der Waals surface area (Å²) in [6, 6.07) is 0.597. The fourth-order valence-electron chi connectivity index (χ4n) is 3.61. The van der Waals surface area contributed by atoms with E-state index in [0.717, 1.165) is 12.1 Å². The molecule has 1 unspecified atom stereocenters. The third-order valence-corrected chi connectivity index (χ3v) is 5.43. The number of aromatic amines is 2. The number of fused-ring (bicyclic) bond motifs is 1. The molecular weight excluding hydrogens is 434 g/mol. The molecule has 3 heterocycles. The highest BCUT2D eigenvalue weighted by Gasteiger charge is 2.25. The molecule has 0 fully saturated rings. The second kappa shape index (κ2) is 10.6. The van der Waals surface area contributed by atoms with Gasteiger partial charge < -0.3 is 25.8 Å². The molecule has 0 saturated heterocycles. The van der Waals surface area contributed by atoms with E-state index in [0.29, 0.717) is 30.8 Å². The lowest BCUT2D eigenvalue weighted by atomic mass is 9.92. The molecule has 13 nitrogen and oxygen atoms in total. The van der Waals surface area contributed by atoms with Gasteiger partial charge in [0, 0.05) is 18.7 Å². The van der Waals surface area contributed by atoms with Gasteiger partial charge in [-0.1, -0.05) is 0 Å². The Bertz CT molecular complexity index is 1080. The Kier molecular flexibility index (Phi) is 7.64. The standard InChI is InChI=1S/C20H27N7O6/c1-32-15(28)6-5-13(19(31)33-2)23-18(30)14-8-11(26-27-14)4-3-10-7-12-16(22-9-10)24-20(21)25-17(12)29/h8,10,13H,3-7,9H2,1-2H3,(H,23,30)(H,26,27)(H4,21,22,24,25,29)/t10?,13-/m0/s1. The first-order chi connectivity index (χ1) is 15.8. The number of amides is 1. The van der Waals surface area contributed by atoms with E-state index >= 15 is 0 Å². The summed E-state index contributed by atoms with van der Waals surface area (Å²) in [6.45, 7) is 0.644. The first-order valence-corrected chi connectivity index (χ1v) is 10.4. The van der Waals surface area contributed by atoms with Crippen LogP contribution in [0.1, 0.15) is 41.0 Å². The van der Waals surface area contributed by atoms with E-state index < -0.39 is 23.9 Å². The molecule has 2 aromatic heterocycles. The number of carbonyl (C=O) groups excluding carboxylic acids is 3. The maximum atomic E-state index is 12.5. The van der Waals surface area contributed by atoms with Crippen LogP contribution in [0.3, 0.4) is 0 Å². The van der Waals surface area contributed by atoms with Crippen molar-refractivity contribution in [2.24, 2.45) is 5.92 Å². The van der Waals surface area contributed by atoms with E-state index in [-0.39, 0.29) is 36.0 Å². The van der Waals surface area contributed by atoms with Crippen LogP contribution in [-0.2, 0) is 31.9 Å². The van der Waals surface area contributed by atoms with E-state index in [2.05, 4.69) is 35.5 Å². The predicted molar refractivity (Wildman–Crippen MR) is 116 cm³/mol. The fourth-order valence-corrected chi connectivity index (χ4v) is 3.61. The van der Waals surface area contributed by atoms with Gasteiger partial charge in [0.15, 0.2) is 0 Å². The molecule has 0 bridgehead atoms. The molecule has 0 spiro atoms. The van der Waals surface area contributed by atoms with Gasteiger partial charge in [-0.2, -0.15) is 10.1 Å². The quantitative estimate of drug-likeness (QED) is 0.304. The van der Waals surface area contributed by atoms with E-state index in [1.165, 1.54) is 14.2 Å². The molecule has 1 amide bonds. The van der Waals surface area contributed by atoms with Crippen LogP contribution in [0.5, 0.6) is 0 Å². The Morgan fingerprint density at radius 2 is 2.09 bits per heavy atom. The monoisotopic (exact) mass is 461 g/mol. The minimum atomic E-state index is -1.00. The largest absolute Gasteiger partial charge is 0.469 e. The van der Waals surface area contributed by atoms with Gasteiger partial charge in [0.1, 0.15) is 17.6 Å². The summed E-state index contributed by atoms with van der Waals surface area (Å²) in [5, 5.41) is 12.5. The maximum Gasteiger partial charge on any atom is 0.328 e. The van der Waals surface area contributed by atoms with Crippen molar-refractivity contribution in [3.8, 4) is 0 Å². The predicted octanol–water partition coefficient (Wildman–Crippen LogP) is -0.483. The smallest absolute Gasteiger partial charge is 0.328 e. The van der Waals surface area contributed by atoms with Gasteiger partial charge in [-0.25, -0.2) is 4.79 Å². The second-order valence-electron chi connectivity index (χ2n) is 7.71. The van der Waals surface area contributed by atoms with Crippen LogP contribution in [0.15, 0.2) is 10.9 Å². The van der Waals surface area contributed by atoms with Crippen LogP contribution >= 0.6 is 0 Å². The van der Waals surface area contributed by atoms with Gasteiger partial charge in [-0.3, -0.25) is 24.5 Å². The molecule has 178 valence electrons. The zero-order valence-corrected chi connectivity index (χ0v) is 18.4. The van der Waals surface area contributed by atoms with Crippen molar-refractivity contribution in [2.45, 2.75) is 38.1 Å². The number of rotatable bonds is 9. The van der Waals surface area contributed by atoms with Crippen LogP contribution in [0.2, 0.25) is 0 Å². The van der Waals surface area contributed by atoms with Crippen molar-refractivity contribution in [3.63, 3.8) is 0 Å². The van der Waals surface area contributed by atoms with Gasteiger partial charge in [0.25, 0.3) is 11.5 Å². The second-order valence-corrected chi connectivity index (χ2v) is 7.71. The van der Waals surface area contributed by atoms with E-state index in [1.807, 2.05) is 0 Å². The number of H-pyrrole nitrogens is 2. The Morgan fingerprint density at radius 3 is 2.82 bits per heavy atom. The molecule has 2 aromatic rings. The number of carbonyl (C=O) groups is 3. The molecule has 1 aliphatic rings. The Morgan fingerprint density at radius 1 is 1.30 bits per heavy atom. The number of hydrogen-bond acceptors (Lipinski definition) is 10. The van der Waals surface area contributed by atoms with Gasteiger partial charge in [0.05, 0.1) is 19.8 Å². The average Bonchev–Trinajstić information content (AvgIpc) is 3.28. The number of methoxy groups -OCH3 is 2. The summed E-state index contributed by atoms with van der Waals surface area (Å²) >= 11 is 0. The van der Waals surface area contributed by atoms with Crippen molar-refractivity contribution in [1.82, 2.24) is 25.5 Å². The summed E-state index contributed by atoms with van der Waals surface area (Å²) in [5.41, 5.74) is 6.75. The van der Waals surface area contributed by atoms with Gasteiger partial charge in [-0.05, 0) is 37.7 Å². The molecular formula is C20H27N7O6. The van der Waals surface area contributed by atoms with Gasteiger partial charge in [-0.15, -0.1) is 0 Å². The number of esters is 2. The van der Waals surface area contributed by atoms with Crippen LogP contribution in [-0.4, -0.2) is 64.8 Å². The van der Waals surface area contributed by atoms with Crippen molar-refractivity contribution in [1.29, 1.82) is 0 Å². The average molecular weight is 461 g/mol. The summed E-state index contributed by atoms with van der Waals surface area (Å²) in [7, 11) is 2.44. The number of aromatic nitrogens is 4. The number of ether oxygens (including phenoxy) is 2. The highest BCUT2D eigenvalue weighted by atomic mass is 16.5. The van der Waals surface area contributed by atoms with Crippen LogP contribution in [0.25, 0.3) is 0 Å². The van der Waals surface area contributed by atoms with Gasteiger partial charge >= 0.3 is 11.9 Å². The number of nitrogens with zero attached hydrogens (tertiary/aromatic N) is 2. The zero-order chi connectivity index (χ0) is 24.0. The van der Waals surface area contributed by atoms with Crippen molar-refractivity contribution in [3.05, 3.63) is 33.4 Å². The van der Waals surface area contributed by atoms with Crippen LogP contribution < -0.4 is 21.9 Å². The molecule has 1 aliphatic heterocycles. The van der Waals surface area contributed by atoms with E-state index in [4.69, 9.17) is 10.5 Å². The van der Waals surface area contributed by atoms with E-state index in [1.54, 1.807) is 6.07 Å². The van der Waals surface area contributed by atoms with Crippen LogP contribution in [0, 0.1) is 5.92 Å². The number of nitrogen functional groups attached to an aromatic ring is 1. The lowest BCUT2D eigenvalue weighted by Gasteiger charge is -2.24. The molecule has 6 N–H and O–H groups in total. The first-order valence-electron chi connectivity index (χ1n) is 10.4. The third-order valence-electron chi connectivity index (χ3n) is 5.43. The topological polar surface area (TPSA) is 194 Å². The Balaban J connectivity index is 1.55. The summed E-state index contributed by atoms with van der Waals surface area (Å²) < 4.78 is 9.25. The lowest BCUT2D eigenvalue weighted by molar-refractivity contribution is -0.144. The van der Waals surface area contributed by atoms with Crippen molar-refractivity contribution >= 4 is 29.6 Å². The molecule has 0 aliphatic carbocycles.